The summed E-state index contributed by atoms with van der Waals surface area (Å²) in [6.45, 7) is 0. The van der Waals surface area contributed by atoms with Crippen molar-refractivity contribution in [2.24, 2.45) is 5.92 Å². The second-order valence-electron chi connectivity index (χ2n) is 3.52. The van der Waals surface area contributed by atoms with Crippen molar-refractivity contribution >= 4 is 0 Å². The summed E-state index contributed by atoms with van der Waals surface area (Å²) in [5, 5.41) is 8.47. The molecule has 2 atom stereocenters. The zero-order chi connectivity index (χ0) is 8.81. The lowest BCUT2D eigenvalue weighted by Gasteiger charge is -2.29. The average Bonchev–Trinajstić information content (AvgIpc) is 2.15. The van der Waals surface area contributed by atoms with Crippen molar-refractivity contribution in [3.63, 3.8) is 0 Å². The van der Waals surface area contributed by atoms with E-state index in [0.717, 1.165) is 6.42 Å². The van der Waals surface area contributed by atoms with Crippen LogP contribution in [-0.4, -0.2) is 13.2 Å². The molecule has 2 heteroatoms. The molecule has 1 fully saturated rings. The summed E-state index contributed by atoms with van der Waals surface area (Å²) < 4.78 is 5.39. The van der Waals surface area contributed by atoms with E-state index in [1.807, 2.05) is 0 Å². The highest BCUT2D eigenvalue weighted by atomic mass is 16.5. The number of hydrogen-bond donors (Lipinski definition) is 0. The topological polar surface area (TPSA) is 33.0 Å². The highest BCUT2D eigenvalue weighted by Crippen LogP contribution is 2.29. The molecule has 12 heavy (non-hydrogen) atoms. The van der Waals surface area contributed by atoms with E-state index in [-0.39, 0.29) is 0 Å². The lowest BCUT2D eigenvalue weighted by molar-refractivity contribution is 0.0210. The predicted molar refractivity (Wildman–Crippen MR) is 47.6 cm³/mol. The van der Waals surface area contributed by atoms with Crippen LogP contribution in [0.1, 0.15) is 38.5 Å². The van der Waals surface area contributed by atoms with Crippen LogP contribution in [0.3, 0.4) is 0 Å². The molecule has 68 valence electrons. The lowest BCUT2D eigenvalue weighted by atomic mass is 9.83. The summed E-state index contributed by atoms with van der Waals surface area (Å²) in [6, 6.07) is 2.20. The maximum absolute atomic E-state index is 8.47. The van der Waals surface area contributed by atoms with Crippen LogP contribution in [0.15, 0.2) is 0 Å². The van der Waals surface area contributed by atoms with Gasteiger partial charge in [0.2, 0.25) is 0 Å². The third-order valence-corrected chi connectivity index (χ3v) is 2.77. The van der Waals surface area contributed by atoms with Crippen molar-refractivity contribution in [2.75, 3.05) is 7.11 Å². The molecular weight excluding hydrogens is 150 g/mol. The average molecular weight is 167 g/mol. The van der Waals surface area contributed by atoms with Crippen molar-refractivity contribution in [2.45, 2.75) is 44.6 Å². The van der Waals surface area contributed by atoms with Gasteiger partial charge >= 0.3 is 0 Å². The van der Waals surface area contributed by atoms with E-state index < -0.39 is 0 Å². The Morgan fingerprint density at radius 3 is 2.83 bits per heavy atom. The number of methoxy groups -OCH3 is 1. The second kappa shape index (κ2) is 5.16. The van der Waals surface area contributed by atoms with E-state index in [1.165, 1.54) is 25.7 Å². The molecule has 0 spiro atoms. The van der Waals surface area contributed by atoms with Gasteiger partial charge in [0.1, 0.15) is 0 Å². The molecule has 0 aromatic heterocycles. The largest absolute Gasteiger partial charge is 0.381 e. The maximum Gasteiger partial charge on any atom is 0.0621 e. The first-order valence-corrected chi connectivity index (χ1v) is 4.78. The van der Waals surface area contributed by atoms with Crippen molar-refractivity contribution in [1.82, 2.24) is 0 Å². The molecule has 0 radical (unpaired) electrons. The summed E-state index contributed by atoms with van der Waals surface area (Å²) in [5.41, 5.74) is 0. The van der Waals surface area contributed by atoms with Crippen LogP contribution in [0, 0.1) is 17.2 Å². The van der Waals surface area contributed by atoms with E-state index in [9.17, 15) is 0 Å². The molecule has 0 N–H and O–H groups in total. The molecule has 1 aliphatic rings. The molecule has 0 amide bonds. The molecule has 2 nitrogen and oxygen atoms in total. The van der Waals surface area contributed by atoms with Gasteiger partial charge in [0.25, 0.3) is 0 Å². The lowest BCUT2D eigenvalue weighted by Crippen LogP contribution is -2.26. The zero-order valence-electron chi connectivity index (χ0n) is 7.75. The van der Waals surface area contributed by atoms with Gasteiger partial charge in [-0.1, -0.05) is 12.8 Å². The van der Waals surface area contributed by atoms with Crippen LogP contribution in [-0.2, 0) is 4.74 Å². The van der Waals surface area contributed by atoms with Crippen molar-refractivity contribution in [1.29, 1.82) is 5.26 Å². The standard InChI is InChI=1S/C10H17NO/c1-12-10-7-3-2-5-9(10)6-4-8-11/h9-10H,2-7H2,1H3/t9-,10-/m1/s1. The highest BCUT2D eigenvalue weighted by Gasteiger charge is 2.23. The Hall–Kier alpha value is -0.550. The first kappa shape index (κ1) is 9.54. The fourth-order valence-corrected chi connectivity index (χ4v) is 2.06. The minimum atomic E-state index is 0.423. The van der Waals surface area contributed by atoms with Crippen molar-refractivity contribution in [3.05, 3.63) is 0 Å². The SMILES string of the molecule is CO[C@@H]1CCCC[C@@H]1CCC#N. The third kappa shape index (κ3) is 2.49. The van der Waals surface area contributed by atoms with Crippen LogP contribution in [0.4, 0.5) is 0 Å². The molecule has 1 saturated carbocycles. The van der Waals surface area contributed by atoms with Gasteiger partial charge < -0.3 is 4.74 Å². The van der Waals surface area contributed by atoms with Gasteiger partial charge in [-0.2, -0.15) is 5.26 Å². The van der Waals surface area contributed by atoms with Gasteiger partial charge in [-0.05, 0) is 25.2 Å². The molecule has 1 aliphatic carbocycles. The molecule has 0 saturated heterocycles. The Bertz CT molecular complexity index is 162. The number of nitriles is 1. The number of nitrogens with zero attached hydrogens (tertiary/aromatic N) is 1. The Morgan fingerprint density at radius 2 is 2.17 bits per heavy atom. The Kier molecular flexibility index (Phi) is 4.10. The van der Waals surface area contributed by atoms with Crippen LogP contribution < -0.4 is 0 Å². The number of rotatable bonds is 3. The van der Waals surface area contributed by atoms with Crippen LogP contribution >= 0.6 is 0 Å². The summed E-state index contributed by atoms with van der Waals surface area (Å²) in [6.07, 6.45) is 7.18. The quantitative estimate of drug-likeness (QED) is 0.647. The third-order valence-electron chi connectivity index (χ3n) is 2.77. The van der Waals surface area contributed by atoms with Crippen molar-refractivity contribution in [3.8, 4) is 6.07 Å². The number of hydrogen-bond acceptors (Lipinski definition) is 2. The van der Waals surface area contributed by atoms with Gasteiger partial charge in [-0.25, -0.2) is 0 Å². The van der Waals surface area contributed by atoms with E-state index in [0.29, 0.717) is 18.4 Å². The molecule has 0 aromatic rings. The highest BCUT2D eigenvalue weighted by molar-refractivity contribution is 4.79. The predicted octanol–water partition coefficient (Wildman–Crippen LogP) is 2.50. The first-order valence-electron chi connectivity index (χ1n) is 4.78. The van der Waals surface area contributed by atoms with Gasteiger partial charge in [0.05, 0.1) is 12.2 Å². The molecule has 0 heterocycles. The Balaban J connectivity index is 2.32. The first-order chi connectivity index (χ1) is 5.88. The number of ether oxygens (including phenoxy) is 1. The smallest absolute Gasteiger partial charge is 0.0621 e. The minimum absolute atomic E-state index is 0.423. The molecule has 0 unspecified atom stereocenters. The molecule has 0 aliphatic heterocycles. The van der Waals surface area contributed by atoms with Crippen LogP contribution in [0.5, 0.6) is 0 Å². The zero-order valence-corrected chi connectivity index (χ0v) is 7.75. The minimum Gasteiger partial charge on any atom is -0.381 e. The van der Waals surface area contributed by atoms with Gasteiger partial charge in [-0.3, -0.25) is 0 Å². The van der Waals surface area contributed by atoms with E-state index in [2.05, 4.69) is 6.07 Å². The second-order valence-corrected chi connectivity index (χ2v) is 3.52. The fourth-order valence-electron chi connectivity index (χ4n) is 2.06. The molecule has 0 bridgehead atoms. The normalized spacial score (nSPS) is 29.7. The van der Waals surface area contributed by atoms with Gasteiger partial charge in [-0.15, -0.1) is 0 Å². The fraction of sp³-hybridized carbons (Fsp3) is 0.900. The van der Waals surface area contributed by atoms with Crippen LogP contribution in [0.25, 0.3) is 0 Å². The monoisotopic (exact) mass is 167 g/mol. The van der Waals surface area contributed by atoms with Gasteiger partial charge in [0.15, 0.2) is 0 Å². The maximum atomic E-state index is 8.47. The summed E-state index contributed by atoms with van der Waals surface area (Å²) >= 11 is 0. The Morgan fingerprint density at radius 1 is 1.42 bits per heavy atom. The summed E-state index contributed by atoms with van der Waals surface area (Å²) in [5.74, 6) is 0.642. The van der Waals surface area contributed by atoms with E-state index in [1.54, 1.807) is 7.11 Å². The van der Waals surface area contributed by atoms with Gasteiger partial charge in [0, 0.05) is 13.5 Å². The van der Waals surface area contributed by atoms with E-state index >= 15 is 0 Å². The van der Waals surface area contributed by atoms with Crippen molar-refractivity contribution < 1.29 is 4.74 Å². The summed E-state index contributed by atoms with van der Waals surface area (Å²) in [4.78, 5) is 0. The van der Waals surface area contributed by atoms with Crippen LogP contribution in [0.2, 0.25) is 0 Å². The molecule has 0 aromatic carbocycles. The Labute approximate surface area is 74.5 Å². The summed E-state index contributed by atoms with van der Waals surface area (Å²) in [7, 11) is 1.79. The van der Waals surface area contributed by atoms with E-state index in [4.69, 9.17) is 10.00 Å². The molecule has 1 rings (SSSR count). The molecular formula is C10H17NO.